The lowest BCUT2D eigenvalue weighted by Crippen LogP contribution is -1.96. The topological polar surface area (TPSA) is 0 Å². The van der Waals surface area contributed by atoms with E-state index in [1.807, 2.05) is 0 Å². The van der Waals surface area contributed by atoms with E-state index >= 15 is 0 Å². The molecule has 0 saturated heterocycles. The van der Waals surface area contributed by atoms with Gasteiger partial charge < -0.3 is 0 Å². The van der Waals surface area contributed by atoms with Crippen LogP contribution in [0.4, 0.5) is 0 Å². The zero-order chi connectivity index (χ0) is 9.23. The summed E-state index contributed by atoms with van der Waals surface area (Å²) in [6.07, 6.45) is 9.50. The Morgan fingerprint density at radius 3 is 2.25 bits per heavy atom. The van der Waals surface area contributed by atoms with Gasteiger partial charge in [-0.2, -0.15) is 0 Å². The Kier molecular flexibility index (Phi) is 10.8. The molecule has 0 heterocycles. The maximum Gasteiger partial charge on any atom is 0.0145 e. The highest BCUT2D eigenvalue weighted by Gasteiger charge is 2.01. The summed E-state index contributed by atoms with van der Waals surface area (Å²) in [5.41, 5.74) is 0. The first-order valence-electron chi connectivity index (χ1n) is 5.01. The quantitative estimate of drug-likeness (QED) is 0.442. The highest BCUT2D eigenvalue weighted by molar-refractivity contribution is 9.09. The zero-order valence-electron chi connectivity index (χ0n) is 7.99. The molecule has 0 aromatic heterocycles. The fourth-order valence-electron chi connectivity index (χ4n) is 1.27. The minimum Gasteiger partial charge on any atom is -0.0928 e. The molecule has 0 spiro atoms. The average molecular weight is 300 g/mol. The SMILES string of the molecule is CCCC(Br)CCCCCCBr. The van der Waals surface area contributed by atoms with Crippen molar-refractivity contribution in [2.45, 2.75) is 56.7 Å². The molecule has 0 rings (SSSR count). The van der Waals surface area contributed by atoms with Crippen molar-refractivity contribution in [1.82, 2.24) is 0 Å². The van der Waals surface area contributed by atoms with Crippen molar-refractivity contribution in [3.63, 3.8) is 0 Å². The lowest BCUT2D eigenvalue weighted by molar-refractivity contribution is 0.602. The van der Waals surface area contributed by atoms with Gasteiger partial charge in [-0.3, -0.25) is 0 Å². The summed E-state index contributed by atoms with van der Waals surface area (Å²) in [4.78, 5) is 0.770. The molecule has 74 valence electrons. The second kappa shape index (κ2) is 10.0. The molecule has 0 aromatic rings. The monoisotopic (exact) mass is 298 g/mol. The summed E-state index contributed by atoms with van der Waals surface area (Å²) >= 11 is 7.14. The van der Waals surface area contributed by atoms with Crippen molar-refractivity contribution < 1.29 is 0 Å². The standard InChI is InChI=1S/C10H20Br2/c1-2-7-10(12)8-5-3-4-6-9-11/h10H,2-9H2,1H3. The third kappa shape index (κ3) is 9.05. The molecule has 1 atom stereocenters. The van der Waals surface area contributed by atoms with Gasteiger partial charge in [0.25, 0.3) is 0 Å². The third-order valence-electron chi connectivity index (χ3n) is 2.00. The molecule has 0 aromatic carbocycles. The molecule has 0 N–H and O–H groups in total. The zero-order valence-corrected chi connectivity index (χ0v) is 11.2. The van der Waals surface area contributed by atoms with Crippen LogP contribution in [0.15, 0.2) is 0 Å². The van der Waals surface area contributed by atoms with Crippen molar-refractivity contribution in [3.05, 3.63) is 0 Å². The molecule has 0 aliphatic heterocycles. The summed E-state index contributed by atoms with van der Waals surface area (Å²) in [5, 5.41) is 1.17. The minimum absolute atomic E-state index is 0.770. The van der Waals surface area contributed by atoms with Crippen LogP contribution >= 0.6 is 31.9 Å². The molecule has 2 heteroatoms. The summed E-state index contributed by atoms with van der Waals surface area (Å²) in [5.74, 6) is 0. The number of alkyl halides is 2. The van der Waals surface area contributed by atoms with Gasteiger partial charge in [-0.15, -0.1) is 0 Å². The molecule has 0 aliphatic carbocycles. The van der Waals surface area contributed by atoms with Gasteiger partial charge >= 0.3 is 0 Å². The Hall–Kier alpha value is 0.960. The van der Waals surface area contributed by atoms with Crippen molar-refractivity contribution in [2.24, 2.45) is 0 Å². The largest absolute Gasteiger partial charge is 0.0928 e. The number of halogens is 2. The summed E-state index contributed by atoms with van der Waals surface area (Å²) in [6, 6.07) is 0. The van der Waals surface area contributed by atoms with Crippen LogP contribution < -0.4 is 0 Å². The Labute approximate surface area is 93.8 Å². The van der Waals surface area contributed by atoms with E-state index < -0.39 is 0 Å². The normalized spacial score (nSPS) is 13.2. The van der Waals surface area contributed by atoms with E-state index in [0.29, 0.717) is 0 Å². The Balaban J connectivity index is 2.97. The van der Waals surface area contributed by atoms with Crippen LogP contribution in [0.1, 0.15) is 51.9 Å². The Morgan fingerprint density at radius 1 is 1.00 bits per heavy atom. The molecular formula is C10H20Br2. The van der Waals surface area contributed by atoms with Crippen LogP contribution in [0.25, 0.3) is 0 Å². The molecule has 0 radical (unpaired) electrons. The van der Waals surface area contributed by atoms with E-state index in [-0.39, 0.29) is 0 Å². The molecular weight excluding hydrogens is 280 g/mol. The molecule has 0 amide bonds. The van der Waals surface area contributed by atoms with Gasteiger partial charge in [0.05, 0.1) is 0 Å². The molecule has 0 aliphatic rings. The fraction of sp³-hybridized carbons (Fsp3) is 1.00. The summed E-state index contributed by atoms with van der Waals surface area (Å²) in [7, 11) is 0. The van der Waals surface area contributed by atoms with Crippen molar-refractivity contribution in [3.8, 4) is 0 Å². The molecule has 0 bridgehead atoms. The van der Waals surface area contributed by atoms with Gasteiger partial charge in [-0.25, -0.2) is 0 Å². The highest BCUT2D eigenvalue weighted by Crippen LogP contribution is 2.16. The van der Waals surface area contributed by atoms with E-state index in [0.717, 1.165) is 4.83 Å². The van der Waals surface area contributed by atoms with Crippen molar-refractivity contribution >= 4 is 31.9 Å². The van der Waals surface area contributed by atoms with Crippen LogP contribution in [0.2, 0.25) is 0 Å². The van der Waals surface area contributed by atoms with Gasteiger partial charge in [0.1, 0.15) is 0 Å². The summed E-state index contributed by atoms with van der Waals surface area (Å²) in [6.45, 7) is 2.25. The number of hydrogen-bond acceptors (Lipinski definition) is 0. The van der Waals surface area contributed by atoms with E-state index in [1.165, 1.54) is 50.3 Å². The van der Waals surface area contributed by atoms with E-state index in [9.17, 15) is 0 Å². The lowest BCUT2D eigenvalue weighted by atomic mass is 10.1. The maximum atomic E-state index is 3.70. The molecule has 0 nitrogen and oxygen atoms in total. The van der Waals surface area contributed by atoms with E-state index in [1.54, 1.807) is 0 Å². The van der Waals surface area contributed by atoms with Crippen LogP contribution in [-0.2, 0) is 0 Å². The molecule has 0 saturated carbocycles. The van der Waals surface area contributed by atoms with Gasteiger partial charge in [0.15, 0.2) is 0 Å². The predicted octanol–water partition coefficient (Wildman–Crippen LogP) is 4.90. The minimum atomic E-state index is 0.770. The Morgan fingerprint density at radius 2 is 1.67 bits per heavy atom. The van der Waals surface area contributed by atoms with Crippen LogP contribution in [-0.4, -0.2) is 10.2 Å². The fourth-order valence-corrected chi connectivity index (χ4v) is 2.45. The average Bonchev–Trinajstić information content (AvgIpc) is 2.05. The van der Waals surface area contributed by atoms with Crippen LogP contribution in [0.3, 0.4) is 0 Å². The second-order valence-corrected chi connectivity index (χ2v) is 5.37. The van der Waals surface area contributed by atoms with Crippen molar-refractivity contribution in [2.75, 3.05) is 5.33 Å². The molecule has 0 fully saturated rings. The highest BCUT2D eigenvalue weighted by atomic mass is 79.9. The first-order valence-corrected chi connectivity index (χ1v) is 7.05. The second-order valence-electron chi connectivity index (χ2n) is 3.28. The lowest BCUT2D eigenvalue weighted by Gasteiger charge is -2.06. The smallest absolute Gasteiger partial charge is 0.0145 e. The van der Waals surface area contributed by atoms with Gasteiger partial charge in [-0.1, -0.05) is 64.5 Å². The van der Waals surface area contributed by atoms with Crippen LogP contribution in [0.5, 0.6) is 0 Å². The van der Waals surface area contributed by atoms with Gasteiger partial charge in [0.2, 0.25) is 0 Å². The first kappa shape index (κ1) is 13.0. The molecule has 12 heavy (non-hydrogen) atoms. The number of rotatable bonds is 8. The van der Waals surface area contributed by atoms with E-state index in [2.05, 4.69) is 38.8 Å². The molecule has 1 unspecified atom stereocenters. The predicted molar refractivity (Wildman–Crippen MR) is 64.5 cm³/mol. The number of hydrogen-bond donors (Lipinski definition) is 0. The number of unbranched alkanes of at least 4 members (excludes halogenated alkanes) is 3. The third-order valence-corrected chi connectivity index (χ3v) is 3.48. The van der Waals surface area contributed by atoms with Gasteiger partial charge in [-0.05, 0) is 19.3 Å². The maximum absolute atomic E-state index is 3.70. The van der Waals surface area contributed by atoms with Crippen LogP contribution in [0, 0.1) is 0 Å². The summed E-state index contributed by atoms with van der Waals surface area (Å²) < 4.78 is 0. The van der Waals surface area contributed by atoms with Gasteiger partial charge in [0, 0.05) is 10.2 Å². The van der Waals surface area contributed by atoms with Crippen molar-refractivity contribution in [1.29, 1.82) is 0 Å². The van der Waals surface area contributed by atoms with E-state index in [4.69, 9.17) is 0 Å². The Bertz CT molecular complexity index is 83.9. The first-order chi connectivity index (χ1) is 5.81.